The van der Waals surface area contributed by atoms with Crippen LogP contribution < -0.4 is 5.56 Å². The minimum Gasteiger partial charge on any atom is -0.388 e. The molecule has 2 aromatic rings. The van der Waals surface area contributed by atoms with Gasteiger partial charge in [-0.05, 0) is 50.3 Å². The van der Waals surface area contributed by atoms with Gasteiger partial charge in [0.2, 0.25) is 5.91 Å². The summed E-state index contributed by atoms with van der Waals surface area (Å²) < 4.78 is 1.46. The summed E-state index contributed by atoms with van der Waals surface area (Å²) in [5.41, 5.74) is -0.667. The second kappa shape index (κ2) is 7.68. The summed E-state index contributed by atoms with van der Waals surface area (Å²) in [6.45, 7) is 1.20. The summed E-state index contributed by atoms with van der Waals surface area (Å²) in [5, 5.41) is 12.0. The van der Waals surface area contributed by atoms with Crippen molar-refractivity contribution in [2.75, 3.05) is 13.1 Å². The van der Waals surface area contributed by atoms with Gasteiger partial charge in [0, 0.05) is 24.0 Å². The number of allylic oxidation sites excluding steroid dienone is 2. The summed E-state index contributed by atoms with van der Waals surface area (Å²) >= 11 is 5.96. The van der Waals surface area contributed by atoms with E-state index in [2.05, 4.69) is 17.1 Å². The van der Waals surface area contributed by atoms with Gasteiger partial charge in [0.25, 0.3) is 5.56 Å². The fourth-order valence-corrected chi connectivity index (χ4v) is 4.31. The number of piperidine rings is 1. The van der Waals surface area contributed by atoms with Crippen LogP contribution in [0.15, 0.2) is 41.5 Å². The Bertz CT molecular complexity index is 977. The first-order valence-electron chi connectivity index (χ1n) is 9.76. The molecule has 1 N–H and O–H groups in total. The quantitative estimate of drug-likeness (QED) is 0.802. The number of nitrogens with zero attached hydrogens (tertiary/aromatic N) is 3. The van der Waals surface area contributed by atoms with E-state index < -0.39 is 5.60 Å². The van der Waals surface area contributed by atoms with Crippen LogP contribution in [0.1, 0.15) is 32.1 Å². The summed E-state index contributed by atoms with van der Waals surface area (Å²) in [7, 11) is 0. The lowest BCUT2D eigenvalue weighted by Gasteiger charge is -2.39. The van der Waals surface area contributed by atoms with E-state index in [4.69, 9.17) is 11.6 Å². The molecule has 1 aromatic carbocycles. The molecule has 1 saturated heterocycles. The Hall–Kier alpha value is -2.18. The van der Waals surface area contributed by atoms with Gasteiger partial charge in [0.1, 0.15) is 0 Å². The third-order valence-corrected chi connectivity index (χ3v) is 6.11. The first-order valence-corrected chi connectivity index (χ1v) is 10.1. The van der Waals surface area contributed by atoms with Crippen LogP contribution in [0.3, 0.4) is 0 Å². The van der Waals surface area contributed by atoms with Crippen LogP contribution in [0.5, 0.6) is 0 Å². The molecule has 148 valence electrons. The number of fused-ring (bicyclic) bond motifs is 1. The highest BCUT2D eigenvalue weighted by Gasteiger charge is 2.36. The summed E-state index contributed by atoms with van der Waals surface area (Å²) in [5.74, 6) is 0.253. The second-order valence-corrected chi connectivity index (χ2v) is 8.31. The maximum atomic E-state index is 12.7. The fraction of sp³-hybridized carbons (Fsp3) is 0.476. The molecule has 1 atom stereocenters. The van der Waals surface area contributed by atoms with Gasteiger partial charge < -0.3 is 10.0 Å². The molecule has 28 heavy (non-hydrogen) atoms. The predicted octanol–water partition coefficient (Wildman–Crippen LogP) is 2.76. The predicted molar refractivity (Wildman–Crippen MR) is 108 cm³/mol. The third kappa shape index (κ3) is 3.84. The molecule has 1 aliphatic carbocycles. The van der Waals surface area contributed by atoms with Crippen molar-refractivity contribution in [3.05, 3.63) is 52.1 Å². The van der Waals surface area contributed by atoms with Crippen LogP contribution in [0, 0.1) is 5.92 Å². The van der Waals surface area contributed by atoms with Crippen LogP contribution in [0.4, 0.5) is 0 Å². The summed E-state index contributed by atoms with van der Waals surface area (Å²) in [6.07, 6.45) is 9.24. The Morgan fingerprint density at radius 2 is 2.07 bits per heavy atom. The number of rotatable bonds is 3. The van der Waals surface area contributed by atoms with Gasteiger partial charge in [0.05, 0.1) is 29.4 Å². The number of carbonyl (C=O) groups is 1. The largest absolute Gasteiger partial charge is 0.388 e. The molecular weight excluding hydrogens is 378 g/mol. The maximum absolute atomic E-state index is 12.7. The second-order valence-electron chi connectivity index (χ2n) is 7.87. The van der Waals surface area contributed by atoms with E-state index in [1.807, 2.05) is 4.90 Å². The van der Waals surface area contributed by atoms with Crippen molar-refractivity contribution >= 4 is 28.4 Å². The van der Waals surface area contributed by atoms with Crippen LogP contribution in [-0.4, -0.2) is 44.2 Å². The van der Waals surface area contributed by atoms with Gasteiger partial charge in [-0.2, -0.15) is 0 Å². The average Bonchev–Trinajstić information content (AvgIpc) is 2.71. The van der Waals surface area contributed by atoms with Crippen molar-refractivity contribution in [2.45, 2.75) is 44.2 Å². The molecule has 0 radical (unpaired) electrons. The topological polar surface area (TPSA) is 75.4 Å². The van der Waals surface area contributed by atoms with Crippen molar-refractivity contribution < 1.29 is 9.90 Å². The van der Waals surface area contributed by atoms with E-state index in [1.54, 1.807) is 18.2 Å². The van der Waals surface area contributed by atoms with Gasteiger partial charge in [-0.3, -0.25) is 14.2 Å². The van der Waals surface area contributed by atoms with E-state index >= 15 is 0 Å². The third-order valence-electron chi connectivity index (χ3n) is 5.88. The smallest absolute Gasteiger partial charge is 0.261 e. The Labute approximate surface area is 168 Å². The molecule has 1 unspecified atom stereocenters. The number of amides is 1. The Morgan fingerprint density at radius 1 is 1.29 bits per heavy atom. The lowest BCUT2D eigenvalue weighted by molar-refractivity contribution is -0.140. The Kier molecular flexibility index (Phi) is 5.25. The monoisotopic (exact) mass is 401 g/mol. The zero-order valence-electron chi connectivity index (χ0n) is 15.7. The van der Waals surface area contributed by atoms with E-state index in [0.29, 0.717) is 41.9 Å². The van der Waals surface area contributed by atoms with Crippen LogP contribution in [-0.2, 0) is 11.3 Å². The number of hydrogen-bond acceptors (Lipinski definition) is 4. The first-order chi connectivity index (χ1) is 13.5. The molecule has 6 nitrogen and oxygen atoms in total. The van der Waals surface area contributed by atoms with Gasteiger partial charge >= 0.3 is 0 Å². The number of benzene rings is 1. The molecule has 0 saturated carbocycles. The molecule has 0 spiro atoms. The normalized spacial score (nSPS) is 21.8. The van der Waals surface area contributed by atoms with Gasteiger partial charge in [-0.15, -0.1) is 0 Å². The van der Waals surface area contributed by atoms with Crippen LogP contribution >= 0.6 is 11.6 Å². The maximum Gasteiger partial charge on any atom is 0.261 e. The highest BCUT2D eigenvalue weighted by atomic mass is 35.5. The van der Waals surface area contributed by atoms with Crippen LogP contribution in [0.2, 0.25) is 5.02 Å². The van der Waals surface area contributed by atoms with E-state index in [0.717, 1.165) is 19.3 Å². The minimum absolute atomic E-state index is 0.0651. The molecule has 2 heterocycles. The standard InChI is InChI=1S/C21H24ClN3O3/c22-16-6-7-17-18(12-16)23-14-25(20(17)27)13-21(28)8-10-24(11-9-21)19(26)15-4-2-1-3-5-15/h1-2,6-7,12,14-15,28H,3-5,8-11,13H2. The number of carbonyl (C=O) groups excluding carboxylic acids is 1. The zero-order chi connectivity index (χ0) is 19.7. The van der Waals surface area contributed by atoms with E-state index in [1.165, 1.54) is 10.9 Å². The average molecular weight is 402 g/mol. The number of aromatic nitrogens is 2. The number of halogens is 1. The van der Waals surface area contributed by atoms with Crippen molar-refractivity contribution in [3.63, 3.8) is 0 Å². The molecule has 4 rings (SSSR count). The van der Waals surface area contributed by atoms with E-state index in [9.17, 15) is 14.7 Å². The minimum atomic E-state index is -1.02. The Morgan fingerprint density at radius 3 is 2.79 bits per heavy atom. The van der Waals surface area contributed by atoms with Gasteiger partial charge in [0.15, 0.2) is 0 Å². The first kappa shape index (κ1) is 19.2. The molecule has 2 aliphatic rings. The number of aliphatic hydroxyl groups is 1. The highest BCUT2D eigenvalue weighted by Crippen LogP contribution is 2.27. The Balaban J connectivity index is 1.45. The van der Waals surface area contributed by atoms with Gasteiger partial charge in [-0.1, -0.05) is 23.8 Å². The molecule has 1 aliphatic heterocycles. The zero-order valence-corrected chi connectivity index (χ0v) is 16.4. The summed E-state index contributed by atoms with van der Waals surface area (Å²) in [4.78, 5) is 31.6. The molecule has 1 amide bonds. The highest BCUT2D eigenvalue weighted by molar-refractivity contribution is 6.31. The molecule has 1 aromatic heterocycles. The molecule has 1 fully saturated rings. The van der Waals surface area contributed by atoms with Crippen molar-refractivity contribution in [1.82, 2.24) is 14.5 Å². The van der Waals surface area contributed by atoms with Crippen molar-refractivity contribution in [2.24, 2.45) is 5.92 Å². The summed E-state index contributed by atoms with van der Waals surface area (Å²) in [6, 6.07) is 4.98. The van der Waals surface area contributed by atoms with E-state index in [-0.39, 0.29) is 23.9 Å². The molecular formula is C21H24ClN3O3. The molecule has 7 heteroatoms. The number of likely N-dealkylation sites (tertiary alicyclic amines) is 1. The van der Waals surface area contributed by atoms with Crippen molar-refractivity contribution in [1.29, 1.82) is 0 Å². The lowest BCUT2D eigenvalue weighted by Crippen LogP contribution is -2.51. The fourth-order valence-electron chi connectivity index (χ4n) is 4.14. The van der Waals surface area contributed by atoms with Gasteiger partial charge in [-0.25, -0.2) is 4.98 Å². The van der Waals surface area contributed by atoms with Crippen LogP contribution in [0.25, 0.3) is 10.9 Å². The molecule has 0 bridgehead atoms. The van der Waals surface area contributed by atoms with Crippen molar-refractivity contribution in [3.8, 4) is 0 Å². The number of hydrogen-bond donors (Lipinski definition) is 1. The lowest BCUT2D eigenvalue weighted by atomic mass is 9.88. The SMILES string of the molecule is O=C(C1CC=CCC1)N1CCC(O)(Cn2cnc3cc(Cl)ccc3c2=O)CC1.